The topological polar surface area (TPSA) is 61.4 Å². The first-order valence-corrected chi connectivity index (χ1v) is 8.85. The van der Waals surface area contributed by atoms with Gasteiger partial charge in [0.2, 0.25) is 0 Å². The lowest BCUT2D eigenvalue weighted by atomic mass is 10.1. The van der Waals surface area contributed by atoms with E-state index < -0.39 is 11.4 Å². The van der Waals surface area contributed by atoms with E-state index in [1.807, 2.05) is 32.0 Å². The maximum atomic E-state index is 12.1. The number of hydrogen-bond acceptors (Lipinski definition) is 4. The maximum absolute atomic E-state index is 12.1. The second kappa shape index (κ2) is 7.56. The van der Waals surface area contributed by atoms with Crippen molar-refractivity contribution in [2.45, 2.75) is 26.8 Å². The molecular formula is C19H17Cl2NO4. The Bertz CT molecular complexity index is 1090. The summed E-state index contributed by atoms with van der Waals surface area (Å²) in [7, 11) is 0. The van der Waals surface area contributed by atoms with Gasteiger partial charge in [-0.3, -0.25) is 4.57 Å². The van der Waals surface area contributed by atoms with Gasteiger partial charge in [0.05, 0.1) is 22.5 Å². The highest BCUT2D eigenvalue weighted by Gasteiger charge is 2.14. The zero-order chi connectivity index (χ0) is 18.8. The third-order valence-corrected chi connectivity index (χ3v) is 4.70. The summed E-state index contributed by atoms with van der Waals surface area (Å²) in [5.74, 6) is 0.0209. The molecule has 1 heterocycles. The summed E-state index contributed by atoms with van der Waals surface area (Å²) >= 11 is 12.1. The second-order valence-corrected chi connectivity index (χ2v) is 6.88. The predicted octanol–water partition coefficient (Wildman–Crippen LogP) is 4.35. The number of halogens is 2. The Morgan fingerprint density at radius 2 is 1.85 bits per heavy atom. The van der Waals surface area contributed by atoms with Crippen LogP contribution in [0.3, 0.4) is 0 Å². The normalized spacial score (nSPS) is 11.1. The van der Waals surface area contributed by atoms with Crippen LogP contribution < -0.4 is 16.1 Å². The van der Waals surface area contributed by atoms with E-state index in [0.717, 1.165) is 11.3 Å². The molecular weight excluding hydrogens is 377 g/mol. The predicted molar refractivity (Wildman–Crippen MR) is 103 cm³/mol. The van der Waals surface area contributed by atoms with E-state index in [9.17, 15) is 9.59 Å². The van der Waals surface area contributed by atoms with Gasteiger partial charge in [-0.2, -0.15) is 0 Å². The molecule has 0 spiro atoms. The largest absolute Gasteiger partial charge is 0.494 e. The van der Waals surface area contributed by atoms with Crippen molar-refractivity contribution in [3.05, 3.63) is 72.5 Å². The zero-order valence-electron chi connectivity index (χ0n) is 14.3. The van der Waals surface area contributed by atoms with Crippen LogP contribution >= 0.6 is 23.2 Å². The van der Waals surface area contributed by atoms with E-state index in [-0.39, 0.29) is 10.4 Å². The Labute approximate surface area is 159 Å². The summed E-state index contributed by atoms with van der Waals surface area (Å²) in [5.41, 5.74) is 1.92. The van der Waals surface area contributed by atoms with Gasteiger partial charge in [0.15, 0.2) is 0 Å². The van der Waals surface area contributed by atoms with Gasteiger partial charge in [-0.05, 0) is 55.7 Å². The molecule has 0 saturated carbocycles. The summed E-state index contributed by atoms with van der Waals surface area (Å²) in [4.78, 5) is 24.0. The molecule has 0 fully saturated rings. The van der Waals surface area contributed by atoms with E-state index in [0.29, 0.717) is 30.1 Å². The van der Waals surface area contributed by atoms with Gasteiger partial charge in [-0.1, -0.05) is 29.3 Å². The molecule has 0 aliphatic carbocycles. The van der Waals surface area contributed by atoms with Crippen LogP contribution in [-0.2, 0) is 6.54 Å². The van der Waals surface area contributed by atoms with Crippen molar-refractivity contribution < 1.29 is 9.15 Å². The average Bonchev–Trinajstić information content (AvgIpc) is 2.57. The van der Waals surface area contributed by atoms with Crippen molar-refractivity contribution in [3.8, 4) is 5.75 Å². The monoisotopic (exact) mass is 393 g/mol. The van der Waals surface area contributed by atoms with Crippen LogP contribution in [0.25, 0.3) is 10.9 Å². The highest BCUT2D eigenvalue weighted by atomic mass is 35.5. The Kier molecular flexibility index (Phi) is 5.39. The second-order valence-electron chi connectivity index (χ2n) is 6.04. The summed E-state index contributed by atoms with van der Waals surface area (Å²) in [6.07, 6.45) is 0.536. The standard InChI is InChI=1S/C19H17Cl2NO4/c1-11-4-5-14(8-12(11)2)25-7-3-6-22-17-15(18(23)26-19(22)24)9-13(20)10-16(17)21/h4-5,8-10H,3,6-7H2,1-2H3. The molecule has 3 rings (SSSR count). The number of hydrogen-bond donors (Lipinski definition) is 0. The van der Waals surface area contributed by atoms with Crippen LogP contribution in [0.2, 0.25) is 10.0 Å². The molecule has 136 valence electrons. The van der Waals surface area contributed by atoms with E-state index in [1.54, 1.807) is 0 Å². The summed E-state index contributed by atoms with van der Waals surface area (Å²) in [6, 6.07) is 8.81. The van der Waals surface area contributed by atoms with Crippen molar-refractivity contribution in [2.24, 2.45) is 0 Å². The van der Waals surface area contributed by atoms with Crippen LogP contribution in [0.4, 0.5) is 0 Å². The molecule has 2 aromatic carbocycles. The van der Waals surface area contributed by atoms with Crippen LogP contribution in [0.15, 0.2) is 44.3 Å². The van der Waals surface area contributed by atoms with Gasteiger partial charge in [-0.25, -0.2) is 9.59 Å². The third-order valence-electron chi connectivity index (χ3n) is 4.19. The molecule has 0 radical (unpaired) electrons. The lowest BCUT2D eigenvalue weighted by Gasteiger charge is -2.11. The quantitative estimate of drug-likeness (QED) is 0.604. The minimum absolute atomic E-state index is 0.178. The SMILES string of the molecule is Cc1ccc(OCCCn2c(=O)oc(=O)c3cc(Cl)cc(Cl)c32)cc1C. The van der Waals surface area contributed by atoms with Crippen molar-refractivity contribution in [3.63, 3.8) is 0 Å². The number of fused-ring (bicyclic) bond motifs is 1. The Hall–Kier alpha value is -2.24. The van der Waals surface area contributed by atoms with Gasteiger partial charge in [0.25, 0.3) is 0 Å². The lowest BCUT2D eigenvalue weighted by molar-refractivity contribution is 0.296. The molecule has 26 heavy (non-hydrogen) atoms. The molecule has 0 amide bonds. The van der Waals surface area contributed by atoms with Crippen molar-refractivity contribution in [1.29, 1.82) is 0 Å². The summed E-state index contributed by atoms with van der Waals surface area (Å²) in [5, 5.41) is 0.711. The van der Waals surface area contributed by atoms with E-state index >= 15 is 0 Å². The van der Waals surface area contributed by atoms with Gasteiger partial charge in [0.1, 0.15) is 5.75 Å². The van der Waals surface area contributed by atoms with E-state index in [4.69, 9.17) is 32.4 Å². The number of ether oxygens (including phenoxy) is 1. The van der Waals surface area contributed by atoms with Crippen LogP contribution in [-0.4, -0.2) is 11.2 Å². The highest BCUT2D eigenvalue weighted by molar-refractivity contribution is 6.38. The fraction of sp³-hybridized carbons (Fsp3) is 0.263. The third kappa shape index (κ3) is 3.79. The summed E-state index contributed by atoms with van der Waals surface area (Å²) < 4.78 is 11.8. The fourth-order valence-electron chi connectivity index (χ4n) is 2.70. The number of benzene rings is 2. The highest BCUT2D eigenvalue weighted by Crippen LogP contribution is 2.25. The molecule has 0 atom stereocenters. The number of aromatic nitrogens is 1. The Morgan fingerprint density at radius 1 is 1.08 bits per heavy atom. The Morgan fingerprint density at radius 3 is 2.58 bits per heavy atom. The first kappa shape index (κ1) is 18.5. The smallest absolute Gasteiger partial charge is 0.422 e. The molecule has 0 saturated heterocycles. The minimum atomic E-state index is -0.753. The van der Waals surface area contributed by atoms with Crippen molar-refractivity contribution in [1.82, 2.24) is 4.57 Å². The fourth-order valence-corrected chi connectivity index (χ4v) is 3.29. The van der Waals surface area contributed by atoms with Gasteiger partial charge >= 0.3 is 11.4 Å². The number of aryl methyl sites for hydroxylation is 3. The van der Waals surface area contributed by atoms with E-state index in [2.05, 4.69) is 0 Å². The van der Waals surface area contributed by atoms with Crippen LogP contribution in [0.5, 0.6) is 5.75 Å². The maximum Gasteiger partial charge on any atom is 0.422 e. The molecule has 5 nitrogen and oxygen atoms in total. The Balaban J connectivity index is 1.80. The first-order valence-electron chi connectivity index (χ1n) is 8.09. The molecule has 0 aliphatic heterocycles. The van der Waals surface area contributed by atoms with Crippen molar-refractivity contribution in [2.75, 3.05) is 6.61 Å². The molecule has 0 unspecified atom stereocenters. The minimum Gasteiger partial charge on any atom is -0.494 e. The van der Waals surface area contributed by atoms with Gasteiger partial charge in [-0.15, -0.1) is 0 Å². The average molecular weight is 394 g/mol. The van der Waals surface area contributed by atoms with Crippen LogP contribution in [0, 0.1) is 13.8 Å². The zero-order valence-corrected chi connectivity index (χ0v) is 15.9. The number of nitrogens with zero attached hydrogens (tertiary/aromatic N) is 1. The van der Waals surface area contributed by atoms with Gasteiger partial charge < -0.3 is 9.15 Å². The van der Waals surface area contributed by atoms with E-state index in [1.165, 1.54) is 22.3 Å². The first-order chi connectivity index (χ1) is 12.4. The molecule has 1 aromatic heterocycles. The number of rotatable bonds is 5. The molecule has 0 bridgehead atoms. The van der Waals surface area contributed by atoms with Crippen molar-refractivity contribution >= 4 is 34.1 Å². The molecule has 7 heteroatoms. The molecule has 0 aliphatic rings. The molecule has 0 N–H and O–H groups in total. The van der Waals surface area contributed by atoms with Crippen LogP contribution in [0.1, 0.15) is 17.5 Å². The lowest BCUT2D eigenvalue weighted by Crippen LogP contribution is -2.26. The molecule has 3 aromatic rings. The van der Waals surface area contributed by atoms with Gasteiger partial charge in [0, 0.05) is 11.6 Å². The summed E-state index contributed by atoms with van der Waals surface area (Å²) in [6.45, 7) is 4.76.